The summed E-state index contributed by atoms with van der Waals surface area (Å²) in [4.78, 5) is 19.0. The summed E-state index contributed by atoms with van der Waals surface area (Å²) in [5.41, 5.74) is 2.56. The molecule has 3 heterocycles. The average Bonchev–Trinajstić information content (AvgIpc) is 3.23. The number of carbonyl (C=O) groups excluding carboxylic acids is 1. The molecular weight excluding hydrogens is 338 g/mol. The van der Waals surface area contributed by atoms with Gasteiger partial charge in [0.25, 0.3) is 5.91 Å². The van der Waals surface area contributed by atoms with Crippen molar-refractivity contribution in [2.75, 3.05) is 20.2 Å². The molecular formula is C18H23N3O3S. The Morgan fingerprint density at radius 2 is 2.28 bits per heavy atom. The normalized spacial score (nSPS) is 17.0. The first kappa shape index (κ1) is 17.9. The van der Waals surface area contributed by atoms with Gasteiger partial charge >= 0.3 is 0 Å². The van der Waals surface area contributed by atoms with E-state index in [2.05, 4.69) is 10.1 Å². The summed E-state index contributed by atoms with van der Waals surface area (Å²) >= 11 is 1.53. The molecule has 1 amide bonds. The van der Waals surface area contributed by atoms with Gasteiger partial charge in [-0.1, -0.05) is 5.16 Å². The fourth-order valence-corrected chi connectivity index (χ4v) is 4.04. The van der Waals surface area contributed by atoms with E-state index >= 15 is 0 Å². The largest absolute Gasteiger partial charge is 0.376 e. The molecule has 1 fully saturated rings. The van der Waals surface area contributed by atoms with Crippen LogP contribution in [0.2, 0.25) is 0 Å². The molecule has 1 saturated heterocycles. The molecule has 0 spiro atoms. The van der Waals surface area contributed by atoms with Crippen molar-refractivity contribution in [1.82, 2.24) is 15.0 Å². The Morgan fingerprint density at radius 1 is 1.44 bits per heavy atom. The van der Waals surface area contributed by atoms with E-state index in [1.807, 2.05) is 27.0 Å². The van der Waals surface area contributed by atoms with Crippen molar-refractivity contribution < 1.29 is 14.1 Å². The summed E-state index contributed by atoms with van der Waals surface area (Å²) in [6.45, 7) is 5.22. The summed E-state index contributed by atoms with van der Waals surface area (Å²) in [6.07, 6.45) is 3.94. The maximum atomic E-state index is 12.8. The lowest BCUT2D eigenvalue weighted by Gasteiger charge is -2.21. The van der Waals surface area contributed by atoms with Crippen LogP contribution in [0.3, 0.4) is 0 Å². The zero-order chi connectivity index (χ0) is 17.8. The number of ether oxygens (including phenoxy) is 1. The third-order valence-corrected chi connectivity index (χ3v) is 5.42. The van der Waals surface area contributed by atoms with Gasteiger partial charge in [0.15, 0.2) is 0 Å². The second kappa shape index (κ2) is 8.01. The molecule has 2 aromatic heterocycles. The number of hydrogen-bond donors (Lipinski definition) is 0. The Kier molecular flexibility index (Phi) is 5.75. The molecule has 3 rings (SSSR count). The molecule has 134 valence electrons. The van der Waals surface area contributed by atoms with Crippen molar-refractivity contribution in [2.24, 2.45) is 0 Å². The zero-order valence-electron chi connectivity index (χ0n) is 14.8. The first-order valence-electron chi connectivity index (χ1n) is 8.43. The number of pyridine rings is 1. The quantitative estimate of drug-likeness (QED) is 0.736. The Hall–Kier alpha value is -1.86. The van der Waals surface area contributed by atoms with E-state index in [0.29, 0.717) is 17.9 Å². The minimum atomic E-state index is -0.0233. The van der Waals surface area contributed by atoms with Crippen molar-refractivity contribution >= 4 is 17.7 Å². The summed E-state index contributed by atoms with van der Waals surface area (Å²) in [5, 5.41) is 4.70. The maximum absolute atomic E-state index is 12.8. The van der Waals surface area contributed by atoms with Crippen LogP contribution in [0.25, 0.3) is 0 Å². The molecule has 25 heavy (non-hydrogen) atoms. The van der Waals surface area contributed by atoms with Gasteiger partial charge < -0.3 is 14.2 Å². The molecule has 7 heteroatoms. The van der Waals surface area contributed by atoms with E-state index < -0.39 is 0 Å². The van der Waals surface area contributed by atoms with Crippen LogP contribution in [0, 0.1) is 13.8 Å². The van der Waals surface area contributed by atoms with Crippen molar-refractivity contribution in [1.29, 1.82) is 0 Å². The van der Waals surface area contributed by atoms with Crippen LogP contribution in [-0.2, 0) is 10.5 Å². The minimum absolute atomic E-state index is 0.0233. The van der Waals surface area contributed by atoms with Crippen LogP contribution in [0.5, 0.6) is 0 Å². The summed E-state index contributed by atoms with van der Waals surface area (Å²) in [5.74, 6) is 1.46. The van der Waals surface area contributed by atoms with E-state index in [1.54, 1.807) is 17.2 Å². The van der Waals surface area contributed by atoms with Crippen LogP contribution in [-0.4, -0.2) is 47.3 Å². The third kappa shape index (κ3) is 4.22. The Bertz CT molecular complexity index is 721. The first-order valence-corrected chi connectivity index (χ1v) is 9.41. The molecule has 2 aromatic rings. The number of carbonyl (C=O) groups is 1. The highest BCUT2D eigenvalue weighted by Gasteiger charge is 2.23. The first-order chi connectivity index (χ1) is 12.1. The van der Waals surface area contributed by atoms with Gasteiger partial charge in [0.1, 0.15) is 10.8 Å². The predicted octanol–water partition coefficient (Wildman–Crippen LogP) is 3.23. The van der Waals surface area contributed by atoms with Gasteiger partial charge in [-0.05, 0) is 38.8 Å². The number of amides is 1. The van der Waals surface area contributed by atoms with E-state index in [9.17, 15) is 4.79 Å². The Morgan fingerprint density at radius 3 is 2.96 bits per heavy atom. The molecule has 1 atom stereocenters. The highest BCUT2D eigenvalue weighted by atomic mass is 32.2. The number of aryl methyl sites for hydroxylation is 2. The molecule has 6 nitrogen and oxygen atoms in total. The highest BCUT2D eigenvalue weighted by Crippen LogP contribution is 2.28. The van der Waals surface area contributed by atoms with Crippen molar-refractivity contribution in [3.63, 3.8) is 0 Å². The van der Waals surface area contributed by atoms with Crippen LogP contribution >= 0.6 is 11.8 Å². The molecule has 1 unspecified atom stereocenters. The second-order valence-electron chi connectivity index (χ2n) is 6.27. The number of hydrogen-bond acceptors (Lipinski definition) is 6. The van der Waals surface area contributed by atoms with Crippen LogP contribution in [0.4, 0.5) is 0 Å². The van der Waals surface area contributed by atoms with E-state index in [-0.39, 0.29) is 12.0 Å². The predicted molar refractivity (Wildman–Crippen MR) is 95.7 cm³/mol. The van der Waals surface area contributed by atoms with Gasteiger partial charge in [0.2, 0.25) is 0 Å². The number of likely N-dealkylation sites (N-methyl/N-ethyl adjacent to an activating group) is 1. The van der Waals surface area contributed by atoms with Gasteiger partial charge in [-0.25, -0.2) is 4.98 Å². The number of aromatic nitrogens is 2. The van der Waals surface area contributed by atoms with Crippen LogP contribution in [0.1, 0.15) is 40.2 Å². The van der Waals surface area contributed by atoms with Crippen molar-refractivity contribution in [2.45, 2.75) is 43.6 Å². The van der Waals surface area contributed by atoms with Crippen LogP contribution < -0.4 is 0 Å². The zero-order valence-corrected chi connectivity index (χ0v) is 15.6. The van der Waals surface area contributed by atoms with Gasteiger partial charge in [-0.2, -0.15) is 0 Å². The van der Waals surface area contributed by atoms with Crippen LogP contribution in [0.15, 0.2) is 27.9 Å². The lowest BCUT2D eigenvalue weighted by molar-refractivity contribution is 0.0584. The fourth-order valence-electron chi connectivity index (χ4n) is 2.90. The smallest absolute Gasteiger partial charge is 0.256 e. The SMILES string of the molecule is Cc1noc(C)c1CSc1ncccc1C(=O)N(C)CC1CCCO1. The standard InChI is InChI=1S/C18H23N3O3S/c1-12-16(13(2)24-20-12)11-25-17-15(7-4-8-19-17)18(22)21(3)10-14-6-5-9-23-14/h4,7-8,14H,5-6,9-11H2,1-3H3. The van der Waals surface area contributed by atoms with E-state index in [0.717, 1.165) is 41.5 Å². The number of rotatable bonds is 6. The Balaban J connectivity index is 1.70. The molecule has 0 bridgehead atoms. The number of thioether (sulfide) groups is 1. The van der Waals surface area contributed by atoms with Crippen molar-refractivity contribution in [3.8, 4) is 0 Å². The average molecular weight is 361 g/mol. The minimum Gasteiger partial charge on any atom is -0.376 e. The lowest BCUT2D eigenvalue weighted by Crippen LogP contribution is -2.34. The summed E-state index contributed by atoms with van der Waals surface area (Å²) in [6, 6.07) is 3.63. The second-order valence-corrected chi connectivity index (χ2v) is 7.23. The number of nitrogens with zero attached hydrogens (tertiary/aromatic N) is 3. The monoisotopic (exact) mass is 361 g/mol. The van der Waals surface area contributed by atoms with Crippen molar-refractivity contribution in [3.05, 3.63) is 40.9 Å². The van der Waals surface area contributed by atoms with E-state index in [4.69, 9.17) is 9.26 Å². The van der Waals surface area contributed by atoms with Gasteiger partial charge in [-0.15, -0.1) is 11.8 Å². The highest BCUT2D eigenvalue weighted by molar-refractivity contribution is 7.98. The molecule has 1 aliphatic heterocycles. The molecule has 0 saturated carbocycles. The summed E-state index contributed by atoms with van der Waals surface area (Å²) in [7, 11) is 1.82. The molecule has 0 radical (unpaired) electrons. The molecule has 0 N–H and O–H groups in total. The summed E-state index contributed by atoms with van der Waals surface area (Å²) < 4.78 is 10.8. The van der Waals surface area contributed by atoms with Gasteiger partial charge in [0, 0.05) is 37.7 Å². The maximum Gasteiger partial charge on any atom is 0.256 e. The van der Waals surface area contributed by atoms with Gasteiger partial charge in [0.05, 0.1) is 17.4 Å². The molecule has 1 aliphatic rings. The fraction of sp³-hybridized carbons (Fsp3) is 0.500. The Labute approximate surface area is 151 Å². The third-order valence-electron chi connectivity index (χ3n) is 4.38. The van der Waals surface area contributed by atoms with Gasteiger partial charge in [-0.3, -0.25) is 4.79 Å². The molecule has 0 aromatic carbocycles. The molecule has 0 aliphatic carbocycles. The lowest BCUT2D eigenvalue weighted by atomic mass is 10.2. The topological polar surface area (TPSA) is 68.5 Å². The van der Waals surface area contributed by atoms with E-state index in [1.165, 1.54) is 11.8 Å².